The van der Waals surface area contributed by atoms with E-state index in [1.165, 1.54) is 0 Å². The zero-order valence-electron chi connectivity index (χ0n) is 4.06. The van der Waals surface area contributed by atoms with Crippen molar-refractivity contribution >= 4 is 0 Å². The van der Waals surface area contributed by atoms with Crippen LogP contribution in [0.1, 0.15) is 6.92 Å². The number of hydrogen-bond donors (Lipinski definition) is 1. The minimum absolute atomic E-state index is 0. The standard InChI is InChI=1S/C3H9NO.H2O/c1-3(4)5-2;/h3H,4H2,1-2H3;1H2. The molecule has 3 heteroatoms. The topological polar surface area (TPSA) is 66.8 Å². The summed E-state index contributed by atoms with van der Waals surface area (Å²) in [6.07, 6.45) is -0.116. The van der Waals surface area contributed by atoms with Crippen molar-refractivity contribution in [1.82, 2.24) is 0 Å². The fourth-order valence-corrected chi connectivity index (χ4v) is 0. The van der Waals surface area contributed by atoms with E-state index in [0.717, 1.165) is 0 Å². The van der Waals surface area contributed by atoms with Crippen molar-refractivity contribution in [1.29, 1.82) is 0 Å². The molecule has 0 amide bonds. The van der Waals surface area contributed by atoms with Crippen LogP contribution in [0.15, 0.2) is 0 Å². The zero-order valence-corrected chi connectivity index (χ0v) is 4.06. The van der Waals surface area contributed by atoms with Gasteiger partial charge in [-0.1, -0.05) is 0 Å². The van der Waals surface area contributed by atoms with Gasteiger partial charge in [-0.05, 0) is 6.92 Å². The zero-order chi connectivity index (χ0) is 4.28. The van der Waals surface area contributed by atoms with Gasteiger partial charge in [0, 0.05) is 7.11 Å². The van der Waals surface area contributed by atoms with Crippen LogP contribution in [0, 0.1) is 0 Å². The van der Waals surface area contributed by atoms with Crippen LogP contribution in [0.4, 0.5) is 0 Å². The van der Waals surface area contributed by atoms with E-state index in [-0.39, 0.29) is 11.7 Å². The summed E-state index contributed by atoms with van der Waals surface area (Å²) in [6, 6.07) is 0. The van der Waals surface area contributed by atoms with Crippen LogP contribution in [-0.2, 0) is 4.74 Å². The van der Waals surface area contributed by atoms with Crippen LogP contribution in [0.3, 0.4) is 0 Å². The van der Waals surface area contributed by atoms with Crippen LogP contribution in [0.2, 0.25) is 0 Å². The number of nitrogens with two attached hydrogens (primary N) is 1. The number of ether oxygens (including phenoxy) is 1. The van der Waals surface area contributed by atoms with E-state index in [4.69, 9.17) is 5.73 Å². The van der Waals surface area contributed by atoms with Crippen LogP contribution >= 0.6 is 0 Å². The molecular formula is C3H11NO2. The van der Waals surface area contributed by atoms with Crippen molar-refractivity contribution in [3.8, 4) is 0 Å². The molecule has 0 aliphatic heterocycles. The van der Waals surface area contributed by atoms with E-state index in [1.807, 2.05) is 0 Å². The highest BCUT2D eigenvalue weighted by atomic mass is 16.5. The molecule has 3 nitrogen and oxygen atoms in total. The number of methoxy groups -OCH3 is 1. The molecule has 40 valence electrons. The Labute approximate surface area is 37.4 Å². The molecule has 1 atom stereocenters. The Morgan fingerprint density at radius 2 is 1.83 bits per heavy atom. The number of hydrogen-bond acceptors (Lipinski definition) is 2. The summed E-state index contributed by atoms with van der Waals surface area (Å²) >= 11 is 0. The molecule has 0 heterocycles. The number of rotatable bonds is 1. The first-order chi connectivity index (χ1) is 2.27. The fourth-order valence-electron chi connectivity index (χ4n) is 0. The third-order valence-electron chi connectivity index (χ3n) is 0.372. The molecule has 0 rings (SSSR count). The third-order valence-corrected chi connectivity index (χ3v) is 0.372. The SMILES string of the molecule is COC(C)N.O. The molecule has 0 aliphatic rings. The van der Waals surface area contributed by atoms with Crippen molar-refractivity contribution in [2.24, 2.45) is 5.73 Å². The molecule has 0 saturated heterocycles. The van der Waals surface area contributed by atoms with Gasteiger partial charge >= 0.3 is 0 Å². The molecule has 1 unspecified atom stereocenters. The second kappa shape index (κ2) is 4.88. The maximum absolute atomic E-state index is 5.07. The second-order valence-corrected chi connectivity index (χ2v) is 0.941. The van der Waals surface area contributed by atoms with Gasteiger partial charge in [-0.15, -0.1) is 0 Å². The van der Waals surface area contributed by atoms with Crippen LogP contribution in [0.5, 0.6) is 0 Å². The highest BCUT2D eigenvalue weighted by molar-refractivity contribution is 4.23. The van der Waals surface area contributed by atoms with E-state index in [2.05, 4.69) is 4.74 Å². The molecule has 0 aliphatic carbocycles. The molecule has 0 aromatic heterocycles. The highest BCUT2D eigenvalue weighted by Crippen LogP contribution is 1.66. The monoisotopic (exact) mass is 93.1 g/mol. The first-order valence-electron chi connectivity index (χ1n) is 1.55. The summed E-state index contributed by atoms with van der Waals surface area (Å²) in [4.78, 5) is 0. The Bertz CT molecular complexity index is 22.8. The second-order valence-electron chi connectivity index (χ2n) is 0.941. The molecule has 0 aromatic rings. The minimum Gasteiger partial charge on any atom is -0.412 e. The van der Waals surface area contributed by atoms with Gasteiger partial charge in [-0.25, -0.2) is 0 Å². The van der Waals surface area contributed by atoms with E-state index >= 15 is 0 Å². The van der Waals surface area contributed by atoms with Gasteiger partial charge in [0.2, 0.25) is 0 Å². The predicted molar refractivity (Wildman–Crippen MR) is 24.3 cm³/mol. The smallest absolute Gasteiger partial charge is 0.102 e. The van der Waals surface area contributed by atoms with Gasteiger partial charge in [0.1, 0.15) is 6.23 Å². The van der Waals surface area contributed by atoms with E-state index in [9.17, 15) is 0 Å². The molecule has 0 saturated carbocycles. The third kappa shape index (κ3) is 9.11. The molecular weight excluding hydrogens is 82.0 g/mol. The molecule has 4 N–H and O–H groups in total. The van der Waals surface area contributed by atoms with Gasteiger partial charge < -0.3 is 15.9 Å². The van der Waals surface area contributed by atoms with Gasteiger partial charge in [0.25, 0.3) is 0 Å². The van der Waals surface area contributed by atoms with Crippen molar-refractivity contribution < 1.29 is 10.2 Å². The van der Waals surface area contributed by atoms with Gasteiger partial charge in [0.15, 0.2) is 0 Å². The van der Waals surface area contributed by atoms with Crippen LogP contribution in [-0.4, -0.2) is 18.8 Å². The summed E-state index contributed by atoms with van der Waals surface area (Å²) in [6.45, 7) is 1.78. The molecule has 0 spiro atoms. The maximum atomic E-state index is 5.07. The summed E-state index contributed by atoms with van der Waals surface area (Å²) in [5.41, 5.74) is 5.07. The quantitative estimate of drug-likeness (QED) is 0.427. The first kappa shape index (κ1) is 9.30. The lowest BCUT2D eigenvalue weighted by molar-refractivity contribution is 0.124. The highest BCUT2D eigenvalue weighted by Gasteiger charge is 1.78. The fraction of sp³-hybridized carbons (Fsp3) is 1.00. The van der Waals surface area contributed by atoms with E-state index in [1.54, 1.807) is 14.0 Å². The van der Waals surface area contributed by atoms with Crippen molar-refractivity contribution in [2.45, 2.75) is 13.2 Å². The Balaban J connectivity index is 0. The Kier molecular flexibility index (Phi) is 7.57. The van der Waals surface area contributed by atoms with E-state index in [0.29, 0.717) is 0 Å². The summed E-state index contributed by atoms with van der Waals surface area (Å²) < 4.78 is 4.53. The molecule has 0 aromatic carbocycles. The lowest BCUT2D eigenvalue weighted by Crippen LogP contribution is -2.15. The Hall–Kier alpha value is -0.120. The van der Waals surface area contributed by atoms with Crippen molar-refractivity contribution in [2.75, 3.05) is 7.11 Å². The summed E-state index contributed by atoms with van der Waals surface area (Å²) in [7, 11) is 1.57. The predicted octanol–water partition coefficient (Wildman–Crippen LogP) is -0.887. The minimum atomic E-state index is -0.116. The van der Waals surface area contributed by atoms with Crippen LogP contribution < -0.4 is 5.73 Å². The summed E-state index contributed by atoms with van der Waals surface area (Å²) in [5, 5.41) is 0. The van der Waals surface area contributed by atoms with E-state index < -0.39 is 0 Å². The molecule has 0 radical (unpaired) electrons. The lowest BCUT2D eigenvalue weighted by Gasteiger charge is -1.95. The maximum Gasteiger partial charge on any atom is 0.102 e. The van der Waals surface area contributed by atoms with Gasteiger partial charge in [-0.3, -0.25) is 0 Å². The van der Waals surface area contributed by atoms with Crippen LogP contribution in [0.25, 0.3) is 0 Å². The summed E-state index contributed by atoms with van der Waals surface area (Å²) in [5.74, 6) is 0. The largest absolute Gasteiger partial charge is 0.412 e. The first-order valence-corrected chi connectivity index (χ1v) is 1.55. The lowest BCUT2D eigenvalue weighted by atomic mass is 10.7. The Morgan fingerprint density at radius 1 is 1.67 bits per heavy atom. The average molecular weight is 93.1 g/mol. The van der Waals surface area contributed by atoms with Crippen molar-refractivity contribution in [3.63, 3.8) is 0 Å². The Morgan fingerprint density at radius 3 is 1.83 bits per heavy atom. The van der Waals surface area contributed by atoms with Gasteiger partial charge in [0.05, 0.1) is 0 Å². The molecule has 6 heavy (non-hydrogen) atoms. The molecule has 0 fully saturated rings. The average Bonchev–Trinajstić information content (AvgIpc) is 1.38. The van der Waals surface area contributed by atoms with Gasteiger partial charge in [-0.2, -0.15) is 0 Å². The normalized spacial score (nSPS) is 12.5. The molecule has 0 bridgehead atoms. The van der Waals surface area contributed by atoms with Crippen molar-refractivity contribution in [3.05, 3.63) is 0 Å².